The second-order valence-electron chi connectivity index (χ2n) is 4.60. The second-order valence-corrected chi connectivity index (χ2v) is 5.60. The van der Waals surface area contributed by atoms with Crippen LogP contribution < -0.4 is 5.32 Å². The number of rotatable bonds is 5. The lowest BCUT2D eigenvalue weighted by Crippen LogP contribution is -2.19. The number of hydrogen-bond acceptors (Lipinski definition) is 6. The zero-order chi connectivity index (χ0) is 17.9. The summed E-state index contributed by atoms with van der Waals surface area (Å²) < 4.78 is 43.0. The Balaban J connectivity index is 2.01. The maximum absolute atomic E-state index is 12.4. The van der Waals surface area contributed by atoms with E-state index in [9.17, 15) is 22.8 Å². The summed E-state index contributed by atoms with van der Waals surface area (Å²) in [7, 11) is 0. The van der Waals surface area contributed by atoms with Gasteiger partial charge in [0.25, 0.3) is 0 Å². The molecule has 11 heteroatoms. The van der Waals surface area contributed by atoms with Crippen LogP contribution in [0.3, 0.4) is 0 Å². The first-order chi connectivity index (χ1) is 11.2. The number of halogens is 3. The van der Waals surface area contributed by atoms with Crippen LogP contribution >= 0.6 is 11.3 Å². The Morgan fingerprint density at radius 3 is 2.71 bits per heavy atom. The monoisotopic (exact) mass is 362 g/mol. The van der Waals surface area contributed by atoms with Gasteiger partial charge in [-0.15, -0.1) is 0 Å². The maximum Gasteiger partial charge on any atom is 0.435 e. The molecule has 2 aromatic heterocycles. The molecular formula is C13H13F3N4O3S. The van der Waals surface area contributed by atoms with Gasteiger partial charge < -0.3 is 10.1 Å². The minimum atomic E-state index is -4.57. The molecule has 0 aliphatic carbocycles. The fraction of sp³-hybridized carbons (Fsp3) is 0.385. The number of aromatic nitrogens is 3. The van der Waals surface area contributed by atoms with Crippen molar-refractivity contribution in [2.45, 2.75) is 26.6 Å². The van der Waals surface area contributed by atoms with Gasteiger partial charge in [-0.3, -0.25) is 9.48 Å². The SMILES string of the molecule is CCOC(=O)c1sc(NC(=O)Cn2ccc(C(F)(F)F)n2)nc1C. The van der Waals surface area contributed by atoms with Crippen molar-refractivity contribution in [1.82, 2.24) is 14.8 Å². The van der Waals surface area contributed by atoms with Gasteiger partial charge in [-0.2, -0.15) is 18.3 Å². The minimum Gasteiger partial charge on any atom is -0.462 e. The topological polar surface area (TPSA) is 86.1 Å². The highest BCUT2D eigenvalue weighted by Crippen LogP contribution is 2.27. The van der Waals surface area contributed by atoms with Crippen LogP contribution in [0.15, 0.2) is 12.3 Å². The molecule has 1 N–H and O–H groups in total. The average molecular weight is 362 g/mol. The van der Waals surface area contributed by atoms with E-state index in [0.29, 0.717) is 5.69 Å². The Kier molecular flexibility index (Phi) is 5.22. The normalized spacial score (nSPS) is 11.4. The Hall–Kier alpha value is -2.43. The first-order valence-electron chi connectivity index (χ1n) is 6.75. The van der Waals surface area contributed by atoms with Gasteiger partial charge in [0.2, 0.25) is 5.91 Å². The largest absolute Gasteiger partial charge is 0.462 e. The minimum absolute atomic E-state index is 0.156. The van der Waals surface area contributed by atoms with Crippen molar-refractivity contribution in [3.8, 4) is 0 Å². The van der Waals surface area contributed by atoms with E-state index in [4.69, 9.17) is 4.74 Å². The molecule has 24 heavy (non-hydrogen) atoms. The number of esters is 1. The highest BCUT2D eigenvalue weighted by Gasteiger charge is 2.33. The van der Waals surface area contributed by atoms with E-state index in [-0.39, 0.29) is 16.6 Å². The molecule has 0 spiro atoms. The number of anilines is 1. The van der Waals surface area contributed by atoms with E-state index in [1.54, 1.807) is 13.8 Å². The Bertz CT molecular complexity index is 754. The van der Waals surface area contributed by atoms with Gasteiger partial charge in [-0.05, 0) is 19.9 Å². The number of hydrogen-bond donors (Lipinski definition) is 1. The zero-order valence-electron chi connectivity index (χ0n) is 12.7. The number of thiazole rings is 1. The molecule has 0 atom stereocenters. The smallest absolute Gasteiger partial charge is 0.435 e. The predicted octanol–water partition coefficient (Wildman–Crippen LogP) is 2.48. The Morgan fingerprint density at radius 2 is 2.12 bits per heavy atom. The van der Waals surface area contributed by atoms with Crippen LogP contribution in [0.4, 0.5) is 18.3 Å². The Labute approximate surface area is 138 Å². The number of nitrogens with zero attached hydrogens (tertiary/aromatic N) is 3. The molecule has 2 rings (SSSR count). The number of aryl methyl sites for hydroxylation is 1. The summed E-state index contributed by atoms with van der Waals surface area (Å²) in [4.78, 5) is 27.8. The predicted molar refractivity (Wildman–Crippen MR) is 78.7 cm³/mol. The molecule has 130 valence electrons. The third kappa shape index (κ3) is 4.31. The van der Waals surface area contributed by atoms with Crippen molar-refractivity contribution >= 4 is 28.3 Å². The van der Waals surface area contributed by atoms with Crippen LogP contribution in [0.2, 0.25) is 0 Å². The van der Waals surface area contributed by atoms with Crippen LogP contribution in [0, 0.1) is 6.92 Å². The molecule has 0 radical (unpaired) electrons. The highest BCUT2D eigenvalue weighted by atomic mass is 32.1. The van der Waals surface area contributed by atoms with E-state index in [1.165, 1.54) is 0 Å². The fourth-order valence-corrected chi connectivity index (χ4v) is 2.62. The van der Waals surface area contributed by atoms with Crippen LogP contribution in [0.25, 0.3) is 0 Å². The average Bonchev–Trinajstić information content (AvgIpc) is 3.05. The molecule has 7 nitrogen and oxygen atoms in total. The molecule has 2 aromatic rings. The van der Waals surface area contributed by atoms with Crippen LogP contribution in [-0.2, 0) is 22.3 Å². The van der Waals surface area contributed by atoms with Gasteiger partial charge in [-0.25, -0.2) is 9.78 Å². The number of nitrogens with one attached hydrogen (secondary N) is 1. The second kappa shape index (κ2) is 6.99. The molecule has 0 aliphatic heterocycles. The molecule has 0 fully saturated rings. The number of amides is 1. The van der Waals surface area contributed by atoms with Gasteiger partial charge in [0, 0.05) is 6.20 Å². The summed E-state index contributed by atoms with van der Waals surface area (Å²) in [5.41, 5.74) is -0.683. The van der Waals surface area contributed by atoms with Gasteiger partial charge in [0.15, 0.2) is 10.8 Å². The van der Waals surface area contributed by atoms with Crippen LogP contribution in [0.1, 0.15) is 28.0 Å². The van der Waals surface area contributed by atoms with Crippen molar-refractivity contribution in [2.75, 3.05) is 11.9 Å². The molecule has 0 unspecified atom stereocenters. The number of carbonyl (C=O) groups excluding carboxylic acids is 2. The molecule has 0 saturated heterocycles. The lowest BCUT2D eigenvalue weighted by Gasteiger charge is -2.03. The van der Waals surface area contributed by atoms with Crippen LogP contribution in [-0.4, -0.2) is 33.2 Å². The molecule has 0 bridgehead atoms. The number of ether oxygens (including phenoxy) is 1. The molecule has 1 amide bonds. The quantitative estimate of drug-likeness (QED) is 0.826. The Morgan fingerprint density at radius 1 is 1.42 bits per heavy atom. The fourth-order valence-electron chi connectivity index (χ4n) is 1.74. The third-order valence-corrected chi connectivity index (χ3v) is 3.79. The molecular weight excluding hydrogens is 349 g/mol. The third-order valence-electron chi connectivity index (χ3n) is 2.74. The summed E-state index contributed by atoms with van der Waals surface area (Å²) >= 11 is 0.929. The van der Waals surface area contributed by atoms with Crippen molar-refractivity contribution in [3.63, 3.8) is 0 Å². The molecule has 2 heterocycles. The van der Waals surface area contributed by atoms with E-state index in [2.05, 4.69) is 15.4 Å². The molecule has 0 aromatic carbocycles. The highest BCUT2D eigenvalue weighted by molar-refractivity contribution is 7.17. The first kappa shape index (κ1) is 17.9. The summed E-state index contributed by atoms with van der Waals surface area (Å²) in [5, 5.41) is 5.85. The van der Waals surface area contributed by atoms with Crippen molar-refractivity contribution in [2.24, 2.45) is 0 Å². The summed E-state index contributed by atoms with van der Waals surface area (Å²) in [5.74, 6) is -1.16. The van der Waals surface area contributed by atoms with E-state index < -0.39 is 30.3 Å². The van der Waals surface area contributed by atoms with E-state index in [1.807, 2.05) is 0 Å². The van der Waals surface area contributed by atoms with Crippen molar-refractivity contribution < 1.29 is 27.5 Å². The number of carbonyl (C=O) groups is 2. The molecule has 0 saturated carbocycles. The van der Waals surface area contributed by atoms with Crippen molar-refractivity contribution in [3.05, 3.63) is 28.5 Å². The van der Waals surface area contributed by atoms with Gasteiger partial charge >= 0.3 is 12.1 Å². The summed E-state index contributed by atoms with van der Waals surface area (Å²) in [6.07, 6.45) is -3.51. The van der Waals surface area contributed by atoms with Gasteiger partial charge in [0.05, 0.1) is 12.3 Å². The molecule has 0 aliphatic rings. The summed E-state index contributed by atoms with van der Waals surface area (Å²) in [6, 6.07) is 0.777. The van der Waals surface area contributed by atoms with E-state index in [0.717, 1.165) is 28.3 Å². The standard InChI is InChI=1S/C13H13F3N4O3S/c1-3-23-11(22)10-7(2)17-12(24-10)18-9(21)6-20-5-4-8(19-20)13(14,15)16/h4-5H,3,6H2,1-2H3,(H,17,18,21). The van der Waals surface area contributed by atoms with Crippen LogP contribution in [0.5, 0.6) is 0 Å². The lowest BCUT2D eigenvalue weighted by molar-refractivity contribution is -0.141. The van der Waals surface area contributed by atoms with E-state index >= 15 is 0 Å². The zero-order valence-corrected chi connectivity index (χ0v) is 13.5. The number of alkyl halides is 3. The van der Waals surface area contributed by atoms with Gasteiger partial charge in [0.1, 0.15) is 11.4 Å². The first-order valence-corrected chi connectivity index (χ1v) is 7.57. The van der Waals surface area contributed by atoms with Crippen molar-refractivity contribution in [1.29, 1.82) is 0 Å². The lowest BCUT2D eigenvalue weighted by atomic mass is 10.4. The maximum atomic E-state index is 12.4. The van der Waals surface area contributed by atoms with Gasteiger partial charge in [-0.1, -0.05) is 11.3 Å². The summed E-state index contributed by atoms with van der Waals surface area (Å²) in [6.45, 7) is 3.04.